The monoisotopic (exact) mass is 696 g/mol. The summed E-state index contributed by atoms with van der Waals surface area (Å²) in [6, 6.07) is 20.4. The molecule has 0 bridgehead atoms. The molecule has 0 saturated carbocycles. The first-order valence-electron chi connectivity index (χ1n) is 16.8. The summed E-state index contributed by atoms with van der Waals surface area (Å²) in [6.45, 7) is 1.33. The van der Waals surface area contributed by atoms with Crippen molar-refractivity contribution < 1.29 is 14.3 Å². The molecule has 5 heterocycles. The largest absolute Gasteiger partial charge is 0.481 e. The van der Waals surface area contributed by atoms with Crippen LogP contribution < -0.4 is 20.7 Å². The third-order valence-electron chi connectivity index (χ3n) is 9.38. The number of halogens is 2. The van der Waals surface area contributed by atoms with E-state index in [2.05, 4.69) is 16.0 Å². The van der Waals surface area contributed by atoms with E-state index in [1.165, 1.54) is 0 Å². The number of nitrogens with zero attached hydrogens (tertiary/aromatic N) is 3. The van der Waals surface area contributed by atoms with Crippen LogP contribution in [0.25, 0.3) is 39.2 Å². The summed E-state index contributed by atoms with van der Waals surface area (Å²) in [7, 11) is 1.63. The Morgan fingerprint density at radius 1 is 0.878 bits per heavy atom. The molecule has 7 rings (SSSR count). The summed E-state index contributed by atoms with van der Waals surface area (Å²) in [5.41, 5.74) is 7.72. The van der Waals surface area contributed by atoms with Crippen LogP contribution in [-0.4, -0.2) is 51.9 Å². The summed E-state index contributed by atoms with van der Waals surface area (Å²) in [6.07, 6.45) is 9.64. The Labute approximate surface area is 295 Å². The molecule has 2 aliphatic rings. The van der Waals surface area contributed by atoms with Crippen LogP contribution in [-0.2, 0) is 22.6 Å². The standard InChI is InChI=1S/C38H38Cl2N6O3/c1-49-38-23(5-2-6-25-12-15-34(47)43-25)11-14-32(45-38)31-10-4-9-30(37(31)40)29-8-3-7-28(36(29)39)24-17-18-46-22-27(42-33(46)19-24)21-41-20-26-13-16-35(48)44-26/h3-4,7-11,14,17-19,22,25-26,41H,2,5-6,12-13,15-16,20-21H2,1H3,(H,43,47)(H,44,48)/t25-,26+/m1/s1. The molecule has 252 valence electrons. The molecule has 2 atom stereocenters. The van der Waals surface area contributed by atoms with E-state index in [-0.39, 0.29) is 23.9 Å². The van der Waals surface area contributed by atoms with Gasteiger partial charge < -0.3 is 25.1 Å². The number of hydrogen-bond acceptors (Lipinski definition) is 6. The van der Waals surface area contributed by atoms with Crippen LogP contribution in [0.3, 0.4) is 0 Å². The second-order valence-electron chi connectivity index (χ2n) is 12.7. The number of carbonyl (C=O) groups is 2. The molecule has 2 saturated heterocycles. The van der Waals surface area contributed by atoms with E-state index in [1.807, 2.05) is 77.5 Å². The van der Waals surface area contributed by atoms with Crippen molar-refractivity contribution in [1.82, 2.24) is 30.3 Å². The van der Waals surface area contributed by atoms with Crippen molar-refractivity contribution in [2.45, 2.75) is 63.6 Å². The molecule has 2 aromatic carbocycles. The summed E-state index contributed by atoms with van der Waals surface area (Å²) in [5, 5.41) is 10.6. The van der Waals surface area contributed by atoms with Crippen molar-refractivity contribution in [1.29, 1.82) is 0 Å². The molecular weight excluding hydrogens is 659 g/mol. The molecule has 0 aliphatic carbocycles. The number of carbonyl (C=O) groups excluding carboxylic acids is 2. The number of ether oxygens (including phenoxy) is 1. The Balaban J connectivity index is 1.09. The molecule has 2 amide bonds. The molecule has 9 nitrogen and oxygen atoms in total. The number of nitrogens with one attached hydrogen (secondary N) is 3. The summed E-state index contributed by atoms with van der Waals surface area (Å²) >= 11 is 14.2. The predicted molar refractivity (Wildman–Crippen MR) is 193 cm³/mol. The lowest BCUT2D eigenvalue weighted by molar-refractivity contribution is -0.120. The molecule has 2 fully saturated rings. The Morgan fingerprint density at radius 3 is 2.29 bits per heavy atom. The first-order chi connectivity index (χ1) is 23.9. The number of aryl methyl sites for hydroxylation is 1. The minimum absolute atomic E-state index is 0.118. The second kappa shape index (κ2) is 14.6. The summed E-state index contributed by atoms with van der Waals surface area (Å²) < 4.78 is 7.69. The van der Waals surface area contributed by atoms with Gasteiger partial charge in [-0.2, -0.15) is 0 Å². The molecule has 3 N–H and O–H groups in total. The van der Waals surface area contributed by atoms with Gasteiger partial charge in [-0.1, -0.05) is 65.7 Å². The average Bonchev–Trinajstić information content (AvgIpc) is 3.84. The molecule has 0 radical (unpaired) electrons. The van der Waals surface area contributed by atoms with Crippen LogP contribution >= 0.6 is 23.2 Å². The summed E-state index contributed by atoms with van der Waals surface area (Å²) in [5.74, 6) is 0.835. The first kappa shape index (κ1) is 33.1. The molecule has 3 aromatic heterocycles. The average molecular weight is 698 g/mol. The van der Waals surface area contributed by atoms with Gasteiger partial charge in [0.1, 0.15) is 5.65 Å². The molecule has 49 heavy (non-hydrogen) atoms. The van der Waals surface area contributed by atoms with Crippen molar-refractivity contribution in [2.75, 3.05) is 13.7 Å². The van der Waals surface area contributed by atoms with E-state index in [9.17, 15) is 9.59 Å². The third kappa shape index (κ3) is 7.29. The normalized spacial score (nSPS) is 17.4. The van der Waals surface area contributed by atoms with Crippen molar-refractivity contribution in [2.24, 2.45) is 0 Å². The Kier molecular flexibility index (Phi) is 9.84. The van der Waals surface area contributed by atoms with Gasteiger partial charge in [-0.15, -0.1) is 0 Å². The zero-order valence-corrected chi connectivity index (χ0v) is 28.8. The Hall–Kier alpha value is -4.44. The van der Waals surface area contributed by atoms with Crippen LogP contribution in [0.1, 0.15) is 49.8 Å². The van der Waals surface area contributed by atoms with E-state index in [1.54, 1.807) is 7.11 Å². The highest BCUT2D eigenvalue weighted by molar-refractivity contribution is 6.39. The second-order valence-corrected chi connectivity index (χ2v) is 13.5. The topological polar surface area (TPSA) is 110 Å². The van der Waals surface area contributed by atoms with Crippen molar-refractivity contribution in [3.63, 3.8) is 0 Å². The van der Waals surface area contributed by atoms with Gasteiger partial charge >= 0.3 is 0 Å². The zero-order valence-electron chi connectivity index (χ0n) is 27.3. The van der Waals surface area contributed by atoms with Gasteiger partial charge in [0.25, 0.3) is 0 Å². The molecule has 0 spiro atoms. The highest BCUT2D eigenvalue weighted by Crippen LogP contribution is 2.42. The maximum atomic E-state index is 11.5. The third-order valence-corrected chi connectivity index (χ3v) is 10.2. The highest BCUT2D eigenvalue weighted by atomic mass is 35.5. The number of rotatable bonds is 12. The van der Waals surface area contributed by atoms with Crippen molar-refractivity contribution in [3.8, 4) is 39.4 Å². The van der Waals surface area contributed by atoms with Crippen molar-refractivity contribution in [3.05, 3.63) is 94.4 Å². The van der Waals surface area contributed by atoms with Gasteiger partial charge in [0.15, 0.2) is 0 Å². The number of methoxy groups -OCH3 is 1. The number of aromatic nitrogens is 3. The smallest absolute Gasteiger partial charge is 0.220 e. The fraction of sp³-hybridized carbons (Fsp3) is 0.316. The van der Waals surface area contributed by atoms with E-state index in [0.717, 1.165) is 83.4 Å². The van der Waals surface area contributed by atoms with Crippen LogP contribution in [0, 0.1) is 0 Å². The number of imidazole rings is 1. The number of benzene rings is 2. The Morgan fingerprint density at radius 2 is 1.57 bits per heavy atom. The quantitative estimate of drug-likeness (QED) is 0.129. The molecule has 11 heteroatoms. The van der Waals surface area contributed by atoms with Gasteiger partial charge in [-0.05, 0) is 55.9 Å². The highest BCUT2D eigenvalue weighted by Gasteiger charge is 2.22. The SMILES string of the molecule is COc1nc(-c2cccc(-c3cccc(-c4ccn5cc(CNC[C@@H]6CCC(=O)N6)nc5c4)c3Cl)c2Cl)ccc1CCC[C@@H]1CCC(=O)N1. The molecule has 5 aromatic rings. The lowest BCUT2D eigenvalue weighted by atomic mass is 9.97. The minimum atomic E-state index is 0.118. The van der Waals surface area contributed by atoms with Crippen LogP contribution in [0.5, 0.6) is 5.88 Å². The van der Waals surface area contributed by atoms with E-state index in [4.69, 9.17) is 37.9 Å². The summed E-state index contributed by atoms with van der Waals surface area (Å²) in [4.78, 5) is 32.7. The molecule has 0 unspecified atom stereocenters. The van der Waals surface area contributed by atoms with E-state index < -0.39 is 0 Å². The van der Waals surface area contributed by atoms with Crippen LogP contribution in [0.4, 0.5) is 0 Å². The van der Waals surface area contributed by atoms with Gasteiger partial charge in [-0.3, -0.25) is 9.59 Å². The van der Waals surface area contributed by atoms with E-state index in [0.29, 0.717) is 41.0 Å². The number of amides is 2. The Bertz CT molecular complexity index is 2030. The maximum Gasteiger partial charge on any atom is 0.220 e. The number of hydrogen-bond donors (Lipinski definition) is 3. The van der Waals surface area contributed by atoms with Gasteiger partial charge in [0.2, 0.25) is 17.7 Å². The fourth-order valence-electron chi connectivity index (χ4n) is 6.81. The lowest BCUT2D eigenvalue weighted by Crippen LogP contribution is -2.35. The fourth-order valence-corrected chi connectivity index (χ4v) is 7.47. The van der Waals surface area contributed by atoms with Gasteiger partial charge in [0, 0.05) is 78.2 Å². The number of fused-ring (bicyclic) bond motifs is 1. The van der Waals surface area contributed by atoms with Gasteiger partial charge in [0.05, 0.1) is 28.5 Å². The van der Waals surface area contributed by atoms with Crippen LogP contribution in [0.2, 0.25) is 10.0 Å². The van der Waals surface area contributed by atoms with E-state index >= 15 is 0 Å². The first-order valence-corrected chi connectivity index (χ1v) is 17.5. The predicted octanol–water partition coefficient (Wildman–Crippen LogP) is 7.02. The van der Waals surface area contributed by atoms with Crippen LogP contribution in [0.15, 0.2) is 73.1 Å². The molecular formula is C38H38Cl2N6O3. The number of pyridine rings is 2. The minimum Gasteiger partial charge on any atom is -0.481 e. The van der Waals surface area contributed by atoms with Gasteiger partial charge in [-0.25, -0.2) is 9.97 Å². The van der Waals surface area contributed by atoms with Crippen molar-refractivity contribution >= 4 is 40.7 Å². The lowest BCUT2D eigenvalue weighted by Gasteiger charge is -2.15. The zero-order chi connectivity index (χ0) is 33.9. The molecule has 2 aliphatic heterocycles. The maximum absolute atomic E-state index is 11.5.